The number of carbonyl (C=O) groups is 1. The molecule has 1 N–H and O–H groups in total. The maximum Gasteiger partial charge on any atom is 0.133 e. The fourth-order valence-corrected chi connectivity index (χ4v) is 3.43. The Bertz CT molecular complexity index is 515. The van der Waals surface area contributed by atoms with Crippen molar-refractivity contribution in [2.24, 2.45) is 5.92 Å². The lowest BCUT2D eigenvalue weighted by Gasteiger charge is -2.22. The molecule has 3 rings (SSSR count). The topological polar surface area (TPSA) is 29.1 Å². The van der Waals surface area contributed by atoms with Crippen LogP contribution in [0.25, 0.3) is 6.08 Å². The summed E-state index contributed by atoms with van der Waals surface area (Å²) in [4.78, 5) is 11.3. The first-order valence-corrected chi connectivity index (χ1v) is 8.29. The number of Topliss-reactive ketones (excluding diaryl/α,β-unsaturated/α-hetero) is 1. The zero-order valence-corrected chi connectivity index (χ0v) is 14.1. The van der Waals surface area contributed by atoms with Crippen LogP contribution in [0.5, 0.6) is 0 Å². The van der Waals surface area contributed by atoms with Crippen LogP contribution in [0.3, 0.4) is 0 Å². The van der Waals surface area contributed by atoms with Crippen molar-refractivity contribution in [1.82, 2.24) is 5.32 Å². The van der Waals surface area contributed by atoms with Crippen molar-refractivity contribution in [2.75, 3.05) is 0 Å². The molecule has 2 aliphatic carbocycles. The SMILES string of the molecule is CCC(=Cc1ccccc1)[C@@H]1C[C@H]1NC1CCC(=O)CC1.Cl. The third-order valence-corrected chi connectivity index (χ3v) is 4.82. The van der Waals surface area contributed by atoms with Gasteiger partial charge in [0.2, 0.25) is 0 Å². The highest BCUT2D eigenvalue weighted by Gasteiger charge is 2.40. The predicted octanol–water partition coefficient (Wildman–Crippen LogP) is 4.39. The van der Waals surface area contributed by atoms with Crippen LogP contribution in [0.1, 0.15) is 51.0 Å². The highest BCUT2D eigenvalue weighted by atomic mass is 35.5. The van der Waals surface area contributed by atoms with E-state index in [0.29, 0.717) is 23.8 Å². The molecule has 0 saturated heterocycles. The molecule has 2 saturated carbocycles. The number of benzene rings is 1. The van der Waals surface area contributed by atoms with Gasteiger partial charge in [-0.15, -0.1) is 12.4 Å². The largest absolute Gasteiger partial charge is 0.311 e. The minimum Gasteiger partial charge on any atom is -0.311 e. The maximum absolute atomic E-state index is 11.3. The molecule has 2 nitrogen and oxygen atoms in total. The molecular formula is C19H26ClNO. The summed E-state index contributed by atoms with van der Waals surface area (Å²) in [5.74, 6) is 1.14. The molecule has 1 aromatic rings. The Kier molecular flexibility index (Phi) is 6.22. The van der Waals surface area contributed by atoms with Gasteiger partial charge >= 0.3 is 0 Å². The Balaban J connectivity index is 0.00000176. The number of hydrogen-bond donors (Lipinski definition) is 1. The summed E-state index contributed by atoms with van der Waals surface area (Å²) in [7, 11) is 0. The van der Waals surface area contributed by atoms with E-state index in [9.17, 15) is 4.79 Å². The zero-order valence-electron chi connectivity index (χ0n) is 13.3. The molecule has 0 bridgehead atoms. The van der Waals surface area contributed by atoms with Crippen LogP contribution < -0.4 is 5.32 Å². The molecule has 0 aromatic heterocycles. The van der Waals surface area contributed by atoms with Crippen LogP contribution in [0.4, 0.5) is 0 Å². The number of carbonyl (C=O) groups excluding carboxylic acids is 1. The van der Waals surface area contributed by atoms with Gasteiger partial charge < -0.3 is 5.32 Å². The van der Waals surface area contributed by atoms with Crippen LogP contribution in [0, 0.1) is 5.92 Å². The summed E-state index contributed by atoms with van der Waals surface area (Å²) >= 11 is 0. The first-order chi connectivity index (χ1) is 10.3. The number of ketones is 1. The fourth-order valence-electron chi connectivity index (χ4n) is 3.43. The average molecular weight is 320 g/mol. The van der Waals surface area contributed by atoms with Gasteiger partial charge in [-0.1, -0.05) is 48.9 Å². The van der Waals surface area contributed by atoms with E-state index in [-0.39, 0.29) is 12.4 Å². The minimum atomic E-state index is 0. The monoisotopic (exact) mass is 319 g/mol. The Morgan fingerprint density at radius 2 is 1.91 bits per heavy atom. The van der Waals surface area contributed by atoms with Gasteiger partial charge in [0.1, 0.15) is 5.78 Å². The number of rotatable bonds is 5. The molecule has 0 unspecified atom stereocenters. The third kappa shape index (κ3) is 4.44. The summed E-state index contributed by atoms with van der Waals surface area (Å²) in [6.45, 7) is 2.25. The minimum absolute atomic E-state index is 0. The summed E-state index contributed by atoms with van der Waals surface area (Å²) in [5, 5.41) is 3.77. The second kappa shape index (κ2) is 7.94. The molecule has 2 atom stereocenters. The van der Waals surface area contributed by atoms with Gasteiger partial charge in [0, 0.05) is 24.9 Å². The quantitative estimate of drug-likeness (QED) is 0.872. The van der Waals surface area contributed by atoms with E-state index in [1.165, 1.54) is 12.0 Å². The lowest BCUT2D eigenvalue weighted by atomic mass is 9.94. The van der Waals surface area contributed by atoms with E-state index in [0.717, 1.165) is 32.1 Å². The van der Waals surface area contributed by atoms with Crippen LogP contribution in [0.2, 0.25) is 0 Å². The first kappa shape index (κ1) is 17.2. The van der Waals surface area contributed by atoms with E-state index in [2.05, 4.69) is 48.6 Å². The molecule has 120 valence electrons. The zero-order chi connectivity index (χ0) is 14.7. The van der Waals surface area contributed by atoms with Crippen LogP contribution in [-0.4, -0.2) is 17.9 Å². The van der Waals surface area contributed by atoms with Gasteiger partial charge in [0.25, 0.3) is 0 Å². The molecule has 1 aromatic carbocycles. The van der Waals surface area contributed by atoms with Gasteiger partial charge in [-0.25, -0.2) is 0 Å². The van der Waals surface area contributed by atoms with Crippen LogP contribution in [-0.2, 0) is 4.79 Å². The molecule has 3 heteroatoms. The molecule has 0 radical (unpaired) electrons. The van der Waals surface area contributed by atoms with Gasteiger partial charge in [0.05, 0.1) is 0 Å². The van der Waals surface area contributed by atoms with Crippen molar-refractivity contribution in [2.45, 2.75) is 57.5 Å². The number of hydrogen-bond acceptors (Lipinski definition) is 2. The molecule has 22 heavy (non-hydrogen) atoms. The van der Waals surface area contributed by atoms with Gasteiger partial charge in [0.15, 0.2) is 0 Å². The van der Waals surface area contributed by atoms with Crippen molar-refractivity contribution in [3.05, 3.63) is 41.5 Å². The highest BCUT2D eigenvalue weighted by Crippen LogP contribution is 2.40. The van der Waals surface area contributed by atoms with E-state index < -0.39 is 0 Å². The predicted molar refractivity (Wildman–Crippen MR) is 94.3 cm³/mol. The molecule has 2 aliphatic rings. The summed E-state index contributed by atoms with van der Waals surface area (Å²) in [5.41, 5.74) is 2.87. The van der Waals surface area contributed by atoms with Crippen molar-refractivity contribution in [1.29, 1.82) is 0 Å². The van der Waals surface area contributed by atoms with Crippen LogP contribution in [0.15, 0.2) is 35.9 Å². The Labute approximate surface area is 139 Å². The lowest BCUT2D eigenvalue weighted by Crippen LogP contribution is -2.35. The van der Waals surface area contributed by atoms with Crippen molar-refractivity contribution < 1.29 is 4.79 Å². The first-order valence-electron chi connectivity index (χ1n) is 8.29. The van der Waals surface area contributed by atoms with Crippen molar-refractivity contribution in [3.8, 4) is 0 Å². The van der Waals surface area contributed by atoms with Gasteiger partial charge in [-0.2, -0.15) is 0 Å². The normalized spacial score (nSPS) is 25.7. The summed E-state index contributed by atoms with van der Waals surface area (Å²) in [6, 6.07) is 11.8. The molecule has 0 spiro atoms. The summed E-state index contributed by atoms with van der Waals surface area (Å²) in [6.07, 6.45) is 8.36. The average Bonchev–Trinajstić information content (AvgIpc) is 3.27. The lowest BCUT2D eigenvalue weighted by molar-refractivity contribution is -0.120. The smallest absolute Gasteiger partial charge is 0.133 e. The van der Waals surface area contributed by atoms with E-state index in [4.69, 9.17) is 0 Å². The van der Waals surface area contributed by atoms with Crippen molar-refractivity contribution >= 4 is 24.3 Å². The van der Waals surface area contributed by atoms with Gasteiger partial charge in [-0.05, 0) is 37.2 Å². The van der Waals surface area contributed by atoms with Crippen LogP contribution >= 0.6 is 12.4 Å². The standard InChI is InChI=1S/C19H25NO.ClH/c1-2-15(12-14-6-4-3-5-7-14)18-13-19(18)20-16-8-10-17(21)11-9-16;/h3-7,12,16,18-20H,2,8-11,13H2,1H3;1H/t18-,19+;/m0./s1. The van der Waals surface area contributed by atoms with E-state index in [1.54, 1.807) is 5.57 Å². The fraction of sp³-hybridized carbons (Fsp3) is 0.526. The second-order valence-electron chi connectivity index (χ2n) is 6.41. The Morgan fingerprint density at radius 1 is 1.23 bits per heavy atom. The highest BCUT2D eigenvalue weighted by molar-refractivity contribution is 5.85. The van der Waals surface area contributed by atoms with Crippen molar-refractivity contribution in [3.63, 3.8) is 0 Å². The number of nitrogens with one attached hydrogen (secondary N) is 1. The molecule has 2 fully saturated rings. The molecule has 0 aliphatic heterocycles. The van der Waals surface area contributed by atoms with Gasteiger partial charge in [-0.3, -0.25) is 4.79 Å². The number of halogens is 1. The molecule has 0 amide bonds. The third-order valence-electron chi connectivity index (χ3n) is 4.82. The van der Waals surface area contributed by atoms with E-state index >= 15 is 0 Å². The Morgan fingerprint density at radius 3 is 2.55 bits per heavy atom. The second-order valence-corrected chi connectivity index (χ2v) is 6.41. The van der Waals surface area contributed by atoms with E-state index in [1.807, 2.05) is 0 Å². The maximum atomic E-state index is 11.3. The Hall–Kier alpha value is -1.12. The summed E-state index contributed by atoms with van der Waals surface area (Å²) < 4.78 is 0. The molecule has 0 heterocycles. The molecular weight excluding hydrogens is 294 g/mol.